The van der Waals surface area contributed by atoms with Gasteiger partial charge in [0.05, 0.1) is 0 Å². The first kappa shape index (κ1) is 10.2. The van der Waals surface area contributed by atoms with Crippen molar-refractivity contribution in [2.75, 3.05) is 0 Å². The van der Waals surface area contributed by atoms with Gasteiger partial charge in [-0.2, -0.15) is 5.10 Å². The van der Waals surface area contributed by atoms with E-state index in [0.29, 0.717) is 5.46 Å². The Bertz CT molecular complexity index is 200. The lowest BCUT2D eigenvalue weighted by molar-refractivity contribution is 0.425. The Labute approximate surface area is 66.6 Å². The number of hydrogen-bond acceptors (Lipinski definition) is 3. The average Bonchev–Trinajstić information content (AvgIpc) is 2.40. The van der Waals surface area contributed by atoms with Crippen molar-refractivity contribution in [2.45, 2.75) is 13.8 Å². The Morgan fingerprint density at radius 2 is 2.00 bits per heavy atom. The fraction of sp³-hybridized carbons (Fsp3) is 0.500. The van der Waals surface area contributed by atoms with Gasteiger partial charge >= 0.3 is 7.12 Å². The van der Waals surface area contributed by atoms with Crippen molar-refractivity contribution in [1.82, 2.24) is 9.78 Å². The third kappa shape index (κ3) is 3.20. The van der Waals surface area contributed by atoms with Crippen LogP contribution in [0, 0.1) is 0 Å². The molecule has 0 saturated heterocycles. The fourth-order valence-electron chi connectivity index (χ4n) is 0.573. The summed E-state index contributed by atoms with van der Waals surface area (Å²) in [6, 6.07) is 0. The van der Waals surface area contributed by atoms with Crippen molar-refractivity contribution >= 4 is 12.6 Å². The normalized spacial score (nSPS) is 8.45. The van der Waals surface area contributed by atoms with E-state index in [-0.39, 0.29) is 0 Å². The molecule has 0 unspecified atom stereocenters. The number of hydrogen-bond donors (Lipinski definition) is 2. The summed E-state index contributed by atoms with van der Waals surface area (Å²) in [5.74, 6) is 0. The van der Waals surface area contributed by atoms with E-state index >= 15 is 0 Å². The van der Waals surface area contributed by atoms with Gasteiger partial charge in [-0.05, 0) is 0 Å². The number of nitrogens with zero attached hydrogens (tertiary/aromatic N) is 2. The zero-order chi connectivity index (χ0) is 8.85. The van der Waals surface area contributed by atoms with Crippen LogP contribution in [0.15, 0.2) is 12.4 Å². The quantitative estimate of drug-likeness (QED) is 0.519. The van der Waals surface area contributed by atoms with Crippen LogP contribution in [0.4, 0.5) is 0 Å². The van der Waals surface area contributed by atoms with Crippen molar-refractivity contribution in [3.63, 3.8) is 0 Å². The third-order valence-electron chi connectivity index (χ3n) is 1.02. The molecule has 1 heterocycles. The second kappa shape index (κ2) is 4.93. The lowest BCUT2D eigenvalue weighted by Crippen LogP contribution is -2.28. The summed E-state index contributed by atoms with van der Waals surface area (Å²) in [4.78, 5) is 0. The van der Waals surface area contributed by atoms with Crippen molar-refractivity contribution in [1.29, 1.82) is 0 Å². The van der Waals surface area contributed by atoms with Crippen molar-refractivity contribution in [3.05, 3.63) is 12.4 Å². The minimum Gasteiger partial charge on any atom is -0.423 e. The minimum atomic E-state index is -1.40. The van der Waals surface area contributed by atoms with Crippen LogP contribution in [0.3, 0.4) is 0 Å². The Balaban J connectivity index is 0.000000461. The molecule has 0 atom stereocenters. The predicted molar refractivity (Wildman–Crippen MR) is 44.4 cm³/mol. The van der Waals surface area contributed by atoms with E-state index in [2.05, 4.69) is 5.10 Å². The van der Waals surface area contributed by atoms with Crippen LogP contribution in [-0.4, -0.2) is 26.9 Å². The van der Waals surface area contributed by atoms with Gasteiger partial charge in [0, 0.05) is 24.9 Å². The highest BCUT2D eigenvalue weighted by atomic mass is 16.4. The molecular weight excluding hydrogens is 143 g/mol. The molecule has 0 aliphatic carbocycles. The summed E-state index contributed by atoms with van der Waals surface area (Å²) in [5.41, 5.74) is 0.414. The van der Waals surface area contributed by atoms with Crippen LogP contribution in [0.1, 0.15) is 13.8 Å². The molecule has 1 aromatic heterocycles. The molecule has 0 aliphatic heterocycles. The summed E-state index contributed by atoms with van der Waals surface area (Å²) >= 11 is 0. The highest BCUT2D eigenvalue weighted by Crippen LogP contribution is 1.77. The largest absolute Gasteiger partial charge is 0.491 e. The van der Waals surface area contributed by atoms with E-state index in [1.165, 1.54) is 10.9 Å². The van der Waals surface area contributed by atoms with Gasteiger partial charge in [0.15, 0.2) is 0 Å². The Morgan fingerprint density at radius 1 is 1.45 bits per heavy atom. The first-order valence-corrected chi connectivity index (χ1v) is 3.55. The van der Waals surface area contributed by atoms with E-state index in [1.54, 1.807) is 13.2 Å². The monoisotopic (exact) mass is 156 g/mol. The maximum atomic E-state index is 8.54. The molecule has 0 saturated carbocycles. The topological polar surface area (TPSA) is 58.3 Å². The molecule has 11 heavy (non-hydrogen) atoms. The van der Waals surface area contributed by atoms with Crippen LogP contribution in [0.2, 0.25) is 0 Å². The number of aromatic nitrogens is 2. The lowest BCUT2D eigenvalue weighted by Gasteiger charge is -1.87. The molecule has 1 rings (SSSR count). The predicted octanol–water partition coefficient (Wildman–Crippen LogP) is -0.874. The second-order valence-corrected chi connectivity index (χ2v) is 1.82. The molecule has 0 bridgehead atoms. The van der Waals surface area contributed by atoms with Crippen molar-refractivity contribution < 1.29 is 10.0 Å². The van der Waals surface area contributed by atoms with E-state index in [0.717, 1.165) is 0 Å². The van der Waals surface area contributed by atoms with Gasteiger partial charge in [-0.25, -0.2) is 0 Å². The Kier molecular flexibility index (Phi) is 4.57. The Morgan fingerprint density at radius 3 is 2.18 bits per heavy atom. The maximum absolute atomic E-state index is 8.54. The molecule has 0 spiro atoms. The highest BCUT2D eigenvalue weighted by Gasteiger charge is 2.11. The smallest absolute Gasteiger partial charge is 0.423 e. The highest BCUT2D eigenvalue weighted by molar-refractivity contribution is 6.58. The fourth-order valence-corrected chi connectivity index (χ4v) is 0.573. The van der Waals surface area contributed by atoms with Crippen LogP contribution >= 0.6 is 0 Å². The van der Waals surface area contributed by atoms with Gasteiger partial charge in [-0.15, -0.1) is 0 Å². The van der Waals surface area contributed by atoms with Gasteiger partial charge in [-0.1, -0.05) is 13.8 Å². The van der Waals surface area contributed by atoms with E-state index < -0.39 is 7.12 Å². The molecule has 2 N–H and O–H groups in total. The van der Waals surface area contributed by atoms with Gasteiger partial charge in [-0.3, -0.25) is 4.68 Å². The molecule has 4 nitrogen and oxygen atoms in total. The van der Waals surface area contributed by atoms with Gasteiger partial charge < -0.3 is 10.0 Å². The van der Waals surface area contributed by atoms with Crippen LogP contribution in [-0.2, 0) is 7.05 Å². The SMILES string of the molecule is CC.Cn1cc(B(O)O)cn1. The molecule has 0 radical (unpaired) electrons. The van der Waals surface area contributed by atoms with Crippen molar-refractivity contribution in [3.8, 4) is 0 Å². The van der Waals surface area contributed by atoms with Crippen molar-refractivity contribution in [2.24, 2.45) is 7.05 Å². The maximum Gasteiger partial charge on any atom is 0.491 e. The number of aryl methyl sites for hydroxylation is 1. The standard InChI is InChI=1S/C4H7BN2O2.C2H6/c1-7-3-4(2-6-7)5(8)9;1-2/h2-3,8-9H,1H3;1-2H3. The second-order valence-electron chi connectivity index (χ2n) is 1.82. The molecule has 5 heteroatoms. The molecular formula is C6H13BN2O2. The molecule has 1 aromatic rings. The third-order valence-corrected chi connectivity index (χ3v) is 1.02. The zero-order valence-electron chi connectivity index (χ0n) is 7.02. The number of rotatable bonds is 1. The molecule has 0 aromatic carbocycles. The Hall–Kier alpha value is -0.805. The van der Waals surface area contributed by atoms with Gasteiger partial charge in [0.25, 0.3) is 0 Å². The van der Waals surface area contributed by atoms with E-state index in [1.807, 2.05) is 13.8 Å². The van der Waals surface area contributed by atoms with Gasteiger partial charge in [0.1, 0.15) is 0 Å². The zero-order valence-corrected chi connectivity index (χ0v) is 7.02. The summed E-state index contributed by atoms with van der Waals surface area (Å²) in [7, 11) is 0.310. The summed E-state index contributed by atoms with van der Waals surface area (Å²) in [6.07, 6.45) is 2.95. The first-order valence-electron chi connectivity index (χ1n) is 3.55. The molecule has 0 fully saturated rings. The van der Waals surface area contributed by atoms with Crippen LogP contribution in [0.5, 0.6) is 0 Å². The minimum absolute atomic E-state index is 0.414. The molecule has 62 valence electrons. The van der Waals surface area contributed by atoms with Crippen LogP contribution in [0.25, 0.3) is 0 Å². The molecule has 0 aliphatic rings. The van der Waals surface area contributed by atoms with Crippen LogP contribution < -0.4 is 5.46 Å². The van der Waals surface area contributed by atoms with E-state index in [4.69, 9.17) is 10.0 Å². The average molecular weight is 156 g/mol. The molecule has 0 amide bonds. The van der Waals surface area contributed by atoms with Gasteiger partial charge in [0.2, 0.25) is 0 Å². The summed E-state index contributed by atoms with van der Waals surface area (Å²) < 4.78 is 1.51. The first-order chi connectivity index (χ1) is 5.20. The lowest BCUT2D eigenvalue weighted by atomic mass is 9.83. The summed E-state index contributed by atoms with van der Waals surface area (Å²) in [6.45, 7) is 4.00. The van der Waals surface area contributed by atoms with E-state index in [9.17, 15) is 0 Å². The summed E-state index contributed by atoms with van der Waals surface area (Å²) in [5, 5.41) is 20.8.